The zero-order chi connectivity index (χ0) is 15.5. The number of aromatic nitrogens is 1. The minimum absolute atomic E-state index is 0.0353. The Morgan fingerprint density at radius 1 is 1.27 bits per heavy atom. The molecule has 3 aromatic rings. The first-order chi connectivity index (χ1) is 10.7. The number of carbonyl (C=O) groups is 1. The second-order valence-corrected chi connectivity index (χ2v) is 4.84. The van der Waals surface area contributed by atoms with Crippen LogP contribution in [0.5, 0.6) is 5.75 Å². The molecule has 0 aliphatic carbocycles. The summed E-state index contributed by atoms with van der Waals surface area (Å²) in [6, 6.07) is 12.9. The molecule has 112 valence electrons. The van der Waals surface area contributed by atoms with E-state index >= 15 is 0 Å². The molecule has 2 aromatic carbocycles. The highest BCUT2D eigenvalue weighted by molar-refractivity contribution is 5.92. The Hall–Kier alpha value is -2.82. The van der Waals surface area contributed by atoms with E-state index in [1.807, 2.05) is 43.3 Å². The van der Waals surface area contributed by atoms with Crippen LogP contribution in [0, 0.1) is 0 Å². The molecular formula is C17H16N2O3. The maximum atomic E-state index is 11.4. The zero-order valence-electron chi connectivity index (χ0n) is 12.4. The smallest absolute Gasteiger partial charge is 0.227 e. The highest BCUT2D eigenvalue weighted by Gasteiger charge is 2.10. The molecule has 0 aliphatic rings. The summed E-state index contributed by atoms with van der Waals surface area (Å²) in [5.74, 6) is 1.23. The largest absolute Gasteiger partial charge is 0.497 e. The minimum Gasteiger partial charge on any atom is -0.497 e. The fraction of sp³-hybridized carbons (Fsp3) is 0.176. The number of methoxy groups -OCH3 is 1. The van der Waals surface area contributed by atoms with Crippen LogP contribution in [0.3, 0.4) is 0 Å². The van der Waals surface area contributed by atoms with Crippen molar-refractivity contribution in [3.63, 3.8) is 0 Å². The molecule has 0 bridgehead atoms. The third-order valence-corrected chi connectivity index (χ3v) is 3.31. The Labute approximate surface area is 127 Å². The molecule has 1 aromatic heterocycles. The van der Waals surface area contributed by atoms with Gasteiger partial charge in [-0.05, 0) is 30.3 Å². The lowest BCUT2D eigenvalue weighted by molar-refractivity contribution is -0.115. The van der Waals surface area contributed by atoms with Gasteiger partial charge in [0.1, 0.15) is 11.3 Å². The fourth-order valence-electron chi connectivity index (χ4n) is 2.13. The number of carbonyl (C=O) groups excluding carboxylic acids is 1. The molecule has 0 atom stereocenters. The van der Waals surface area contributed by atoms with Crippen molar-refractivity contribution in [3.05, 3.63) is 42.5 Å². The van der Waals surface area contributed by atoms with Gasteiger partial charge in [-0.25, -0.2) is 4.98 Å². The molecule has 0 unspecified atom stereocenters. The van der Waals surface area contributed by atoms with Gasteiger partial charge in [-0.3, -0.25) is 4.79 Å². The maximum absolute atomic E-state index is 11.4. The second-order valence-electron chi connectivity index (χ2n) is 4.84. The third-order valence-electron chi connectivity index (χ3n) is 3.31. The molecule has 1 amide bonds. The normalized spacial score (nSPS) is 10.6. The standard InChI is InChI=1S/C17H16N2O3/c1-3-16(20)18-12-7-8-14-15(10-12)22-17(19-14)11-5-4-6-13(9-11)21-2/h4-10H,3H2,1-2H3,(H,18,20). The van der Waals surface area contributed by atoms with Crippen LogP contribution in [0.25, 0.3) is 22.6 Å². The van der Waals surface area contributed by atoms with E-state index in [0.29, 0.717) is 23.6 Å². The highest BCUT2D eigenvalue weighted by Crippen LogP contribution is 2.28. The van der Waals surface area contributed by atoms with Gasteiger partial charge in [0.2, 0.25) is 11.8 Å². The summed E-state index contributed by atoms with van der Waals surface area (Å²) in [4.78, 5) is 15.9. The SMILES string of the molecule is CCC(=O)Nc1ccc2nc(-c3cccc(OC)c3)oc2c1. The third kappa shape index (κ3) is 2.79. The van der Waals surface area contributed by atoms with Crippen LogP contribution in [0.2, 0.25) is 0 Å². The topological polar surface area (TPSA) is 64.4 Å². The number of hydrogen-bond donors (Lipinski definition) is 1. The Morgan fingerprint density at radius 3 is 2.91 bits per heavy atom. The molecule has 1 N–H and O–H groups in total. The molecule has 0 saturated carbocycles. The Bertz CT molecular complexity index is 824. The minimum atomic E-state index is -0.0353. The van der Waals surface area contributed by atoms with E-state index in [9.17, 15) is 4.79 Å². The number of nitrogens with one attached hydrogen (secondary N) is 1. The average molecular weight is 296 g/mol. The number of anilines is 1. The van der Waals surface area contributed by atoms with Crippen molar-refractivity contribution in [2.45, 2.75) is 13.3 Å². The first kappa shape index (κ1) is 14.1. The van der Waals surface area contributed by atoms with Gasteiger partial charge < -0.3 is 14.5 Å². The van der Waals surface area contributed by atoms with E-state index in [0.717, 1.165) is 16.8 Å². The number of benzene rings is 2. The van der Waals surface area contributed by atoms with Gasteiger partial charge in [0.25, 0.3) is 0 Å². The molecule has 1 heterocycles. The van der Waals surface area contributed by atoms with Gasteiger partial charge in [0.15, 0.2) is 5.58 Å². The van der Waals surface area contributed by atoms with Crippen molar-refractivity contribution in [1.29, 1.82) is 0 Å². The monoisotopic (exact) mass is 296 g/mol. The van der Waals surface area contributed by atoms with Gasteiger partial charge in [-0.1, -0.05) is 13.0 Å². The van der Waals surface area contributed by atoms with Crippen LogP contribution >= 0.6 is 0 Å². The quantitative estimate of drug-likeness (QED) is 0.794. The molecular weight excluding hydrogens is 280 g/mol. The van der Waals surface area contributed by atoms with E-state index in [4.69, 9.17) is 9.15 Å². The number of fused-ring (bicyclic) bond motifs is 1. The lowest BCUT2D eigenvalue weighted by atomic mass is 10.2. The Kier molecular flexibility index (Phi) is 3.78. The molecule has 0 spiro atoms. The number of ether oxygens (including phenoxy) is 1. The van der Waals surface area contributed by atoms with Crippen molar-refractivity contribution in [1.82, 2.24) is 4.98 Å². The van der Waals surface area contributed by atoms with Gasteiger partial charge >= 0.3 is 0 Å². The van der Waals surface area contributed by atoms with Crippen molar-refractivity contribution >= 4 is 22.7 Å². The van der Waals surface area contributed by atoms with Gasteiger partial charge in [-0.2, -0.15) is 0 Å². The van der Waals surface area contributed by atoms with Crippen LogP contribution in [-0.4, -0.2) is 18.0 Å². The predicted octanol–water partition coefficient (Wildman–Crippen LogP) is 3.85. The van der Waals surface area contributed by atoms with Crippen molar-refractivity contribution in [2.75, 3.05) is 12.4 Å². The lowest BCUT2D eigenvalue weighted by Gasteiger charge is -2.01. The predicted molar refractivity (Wildman–Crippen MR) is 84.9 cm³/mol. The fourth-order valence-corrected chi connectivity index (χ4v) is 2.13. The molecule has 0 aliphatic heterocycles. The highest BCUT2D eigenvalue weighted by atomic mass is 16.5. The Morgan fingerprint density at radius 2 is 2.14 bits per heavy atom. The number of hydrogen-bond acceptors (Lipinski definition) is 4. The summed E-state index contributed by atoms with van der Waals surface area (Å²) in [5.41, 5.74) is 2.92. The van der Waals surface area contributed by atoms with E-state index < -0.39 is 0 Å². The number of amides is 1. The molecule has 0 fully saturated rings. The van der Waals surface area contributed by atoms with E-state index in [1.165, 1.54) is 0 Å². The molecule has 3 rings (SSSR count). The van der Waals surface area contributed by atoms with Crippen LogP contribution in [-0.2, 0) is 4.79 Å². The van der Waals surface area contributed by atoms with Gasteiger partial charge in [0.05, 0.1) is 7.11 Å². The summed E-state index contributed by atoms with van der Waals surface area (Å²) in [7, 11) is 1.62. The summed E-state index contributed by atoms with van der Waals surface area (Å²) in [5, 5.41) is 2.80. The van der Waals surface area contributed by atoms with Crippen LogP contribution < -0.4 is 10.1 Å². The molecule has 5 nitrogen and oxygen atoms in total. The zero-order valence-corrected chi connectivity index (χ0v) is 12.4. The number of oxazole rings is 1. The first-order valence-corrected chi connectivity index (χ1v) is 7.04. The van der Waals surface area contributed by atoms with E-state index in [2.05, 4.69) is 10.3 Å². The second kappa shape index (κ2) is 5.89. The van der Waals surface area contributed by atoms with Crippen LogP contribution in [0.4, 0.5) is 5.69 Å². The Balaban J connectivity index is 1.97. The molecule has 22 heavy (non-hydrogen) atoms. The van der Waals surface area contributed by atoms with Crippen molar-refractivity contribution in [3.8, 4) is 17.2 Å². The first-order valence-electron chi connectivity index (χ1n) is 7.04. The van der Waals surface area contributed by atoms with E-state index in [1.54, 1.807) is 13.2 Å². The van der Waals surface area contributed by atoms with Gasteiger partial charge in [-0.15, -0.1) is 0 Å². The van der Waals surface area contributed by atoms with Crippen LogP contribution in [0.1, 0.15) is 13.3 Å². The summed E-state index contributed by atoms with van der Waals surface area (Å²) in [6.45, 7) is 1.81. The molecule has 0 saturated heterocycles. The summed E-state index contributed by atoms with van der Waals surface area (Å²) in [6.07, 6.45) is 0.434. The molecule has 0 radical (unpaired) electrons. The van der Waals surface area contributed by atoms with Crippen LogP contribution in [0.15, 0.2) is 46.9 Å². The summed E-state index contributed by atoms with van der Waals surface area (Å²) >= 11 is 0. The number of rotatable bonds is 4. The average Bonchev–Trinajstić information content (AvgIpc) is 2.98. The van der Waals surface area contributed by atoms with Gasteiger partial charge in [0, 0.05) is 23.7 Å². The summed E-state index contributed by atoms with van der Waals surface area (Å²) < 4.78 is 11.0. The number of nitrogens with zero attached hydrogens (tertiary/aromatic N) is 1. The lowest BCUT2D eigenvalue weighted by Crippen LogP contribution is -2.08. The van der Waals surface area contributed by atoms with E-state index in [-0.39, 0.29) is 5.91 Å². The van der Waals surface area contributed by atoms with Crippen molar-refractivity contribution in [2.24, 2.45) is 0 Å². The molecule has 5 heteroatoms. The van der Waals surface area contributed by atoms with Crippen molar-refractivity contribution < 1.29 is 13.9 Å². The maximum Gasteiger partial charge on any atom is 0.227 e.